The second kappa shape index (κ2) is 4.32. The number of hydrogen-bond acceptors (Lipinski definition) is 4. The smallest absolute Gasteiger partial charge is 0.184 e. The molecule has 2 rings (SSSR count). The Hall–Kier alpha value is -1.23. The summed E-state index contributed by atoms with van der Waals surface area (Å²) in [6.45, 7) is 1.55. The quantitative estimate of drug-likeness (QED) is 0.724. The molecular weight excluding hydrogens is 182 g/mol. The van der Waals surface area contributed by atoms with Crippen LogP contribution in [0.2, 0.25) is 0 Å². The molecule has 0 saturated carbocycles. The molecule has 0 aliphatic carbocycles. The van der Waals surface area contributed by atoms with Crippen molar-refractivity contribution >= 4 is 5.78 Å². The summed E-state index contributed by atoms with van der Waals surface area (Å²) in [7, 11) is 0. The van der Waals surface area contributed by atoms with Crippen LogP contribution in [0.3, 0.4) is 0 Å². The standard InChI is InChI=1S/C9H13N3O2/c13-9(8-6-10-12-11-8)5-7-1-3-14-4-2-7/h6-7H,1-5H2,(H,10,11,12). The van der Waals surface area contributed by atoms with Gasteiger partial charge in [-0.2, -0.15) is 15.4 Å². The lowest BCUT2D eigenvalue weighted by molar-refractivity contribution is 0.0599. The minimum Gasteiger partial charge on any atom is -0.381 e. The second-order valence-corrected chi connectivity index (χ2v) is 3.54. The Morgan fingerprint density at radius 2 is 2.36 bits per heavy atom. The van der Waals surface area contributed by atoms with E-state index < -0.39 is 0 Å². The molecule has 0 bridgehead atoms. The highest BCUT2D eigenvalue weighted by atomic mass is 16.5. The van der Waals surface area contributed by atoms with Crippen LogP contribution in [-0.2, 0) is 4.74 Å². The van der Waals surface area contributed by atoms with Crippen molar-refractivity contribution in [1.82, 2.24) is 15.4 Å². The number of ketones is 1. The van der Waals surface area contributed by atoms with Crippen molar-refractivity contribution in [3.8, 4) is 0 Å². The second-order valence-electron chi connectivity index (χ2n) is 3.54. The number of nitrogens with one attached hydrogen (secondary N) is 1. The number of nitrogens with zero attached hydrogens (tertiary/aromatic N) is 2. The predicted octanol–water partition coefficient (Wildman–Crippen LogP) is 0.804. The van der Waals surface area contributed by atoms with Gasteiger partial charge in [0.2, 0.25) is 0 Å². The zero-order valence-corrected chi connectivity index (χ0v) is 7.90. The van der Waals surface area contributed by atoms with E-state index in [1.165, 1.54) is 6.20 Å². The molecule has 1 saturated heterocycles. The summed E-state index contributed by atoms with van der Waals surface area (Å²) in [6, 6.07) is 0. The maximum Gasteiger partial charge on any atom is 0.184 e. The summed E-state index contributed by atoms with van der Waals surface area (Å²) >= 11 is 0. The van der Waals surface area contributed by atoms with Gasteiger partial charge in [0.25, 0.3) is 0 Å². The molecule has 1 aliphatic heterocycles. The number of Topliss-reactive ketones (excluding diaryl/α,β-unsaturated/α-hetero) is 1. The van der Waals surface area contributed by atoms with Crippen LogP contribution in [0.25, 0.3) is 0 Å². The number of carbonyl (C=O) groups is 1. The fourth-order valence-corrected chi connectivity index (χ4v) is 1.65. The van der Waals surface area contributed by atoms with Crippen molar-refractivity contribution in [1.29, 1.82) is 0 Å². The minimum absolute atomic E-state index is 0.0747. The van der Waals surface area contributed by atoms with Crippen LogP contribution >= 0.6 is 0 Å². The van der Waals surface area contributed by atoms with Crippen LogP contribution in [0, 0.1) is 5.92 Å². The average Bonchev–Trinajstić information content (AvgIpc) is 2.72. The molecule has 0 radical (unpaired) electrons. The molecule has 1 fully saturated rings. The van der Waals surface area contributed by atoms with Crippen LogP contribution in [-0.4, -0.2) is 34.4 Å². The van der Waals surface area contributed by atoms with Crippen molar-refractivity contribution in [3.63, 3.8) is 0 Å². The van der Waals surface area contributed by atoms with E-state index in [-0.39, 0.29) is 5.78 Å². The maximum atomic E-state index is 11.6. The zero-order valence-electron chi connectivity index (χ0n) is 7.90. The topological polar surface area (TPSA) is 67.9 Å². The predicted molar refractivity (Wildman–Crippen MR) is 48.9 cm³/mol. The van der Waals surface area contributed by atoms with Gasteiger partial charge >= 0.3 is 0 Å². The van der Waals surface area contributed by atoms with Crippen LogP contribution in [0.4, 0.5) is 0 Å². The first-order valence-electron chi connectivity index (χ1n) is 4.83. The first-order chi connectivity index (χ1) is 6.86. The SMILES string of the molecule is O=C(CC1CCOCC1)c1cn[nH]n1. The molecule has 0 aromatic carbocycles. The Morgan fingerprint density at radius 1 is 1.57 bits per heavy atom. The summed E-state index contributed by atoms with van der Waals surface area (Å²) in [5.74, 6) is 0.526. The van der Waals surface area contributed by atoms with Crippen molar-refractivity contribution < 1.29 is 9.53 Å². The number of aromatic nitrogens is 3. The highest BCUT2D eigenvalue weighted by molar-refractivity contribution is 5.93. The van der Waals surface area contributed by atoms with Crippen molar-refractivity contribution in [2.24, 2.45) is 5.92 Å². The Labute approximate surface area is 81.8 Å². The van der Waals surface area contributed by atoms with E-state index >= 15 is 0 Å². The summed E-state index contributed by atoms with van der Waals surface area (Å²) < 4.78 is 5.23. The maximum absolute atomic E-state index is 11.6. The lowest BCUT2D eigenvalue weighted by Crippen LogP contribution is -2.18. The number of carbonyl (C=O) groups excluding carboxylic acids is 1. The molecule has 0 amide bonds. The van der Waals surface area contributed by atoms with E-state index in [0.717, 1.165) is 26.1 Å². The minimum atomic E-state index is 0.0747. The fraction of sp³-hybridized carbons (Fsp3) is 0.667. The van der Waals surface area contributed by atoms with Crippen molar-refractivity contribution in [2.75, 3.05) is 13.2 Å². The van der Waals surface area contributed by atoms with E-state index in [1.54, 1.807) is 0 Å². The van der Waals surface area contributed by atoms with Crippen molar-refractivity contribution in [2.45, 2.75) is 19.3 Å². The molecule has 1 aliphatic rings. The molecule has 14 heavy (non-hydrogen) atoms. The molecule has 5 heteroatoms. The van der Waals surface area contributed by atoms with Crippen LogP contribution < -0.4 is 0 Å². The molecular formula is C9H13N3O2. The normalized spacial score (nSPS) is 18.3. The number of ether oxygens (including phenoxy) is 1. The number of H-pyrrole nitrogens is 1. The van der Waals surface area contributed by atoms with Gasteiger partial charge in [-0.05, 0) is 18.8 Å². The molecule has 76 valence electrons. The van der Waals surface area contributed by atoms with Gasteiger partial charge in [0.05, 0.1) is 6.20 Å². The third kappa shape index (κ3) is 2.17. The molecule has 0 atom stereocenters. The first-order valence-corrected chi connectivity index (χ1v) is 4.83. The highest BCUT2D eigenvalue weighted by Crippen LogP contribution is 2.19. The third-order valence-corrected chi connectivity index (χ3v) is 2.52. The molecule has 0 unspecified atom stereocenters. The molecule has 0 spiro atoms. The molecule has 2 heterocycles. The molecule has 1 aromatic heterocycles. The van der Waals surface area contributed by atoms with E-state index in [1.807, 2.05) is 0 Å². The van der Waals surface area contributed by atoms with Gasteiger partial charge in [0.15, 0.2) is 5.78 Å². The summed E-state index contributed by atoms with van der Waals surface area (Å²) in [6.07, 6.45) is 3.99. The average molecular weight is 195 g/mol. The van der Waals surface area contributed by atoms with Gasteiger partial charge in [-0.3, -0.25) is 4.79 Å². The Morgan fingerprint density at radius 3 is 3.00 bits per heavy atom. The van der Waals surface area contributed by atoms with Gasteiger partial charge in [0.1, 0.15) is 5.69 Å². The summed E-state index contributed by atoms with van der Waals surface area (Å²) in [4.78, 5) is 11.6. The molecule has 1 aromatic rings. The largest absolute Gasteiger partial charge is 0.381 e. The van der Waals surface area contributed by atoms with E-state index in [4.69, 9.17) is 4.74 Å². The fourth-order valence-electron chi connectivity index (χ4n) is 1.65. The lowest BCUT2D eigenvalue weighted by Gasteiger charge is -2.20. The van der Waals surface area contributed by atoms with Crippen LogP contribution in [0.1, 0.15) is 29.8 Å². The number of rotatable bonds is 3. The monoisotopic (exact) mass is 195 g/mol. The summed E-state index contributed by atoms with van der Waals surface area (Å²) in [5.41, 5.74) is 0.441. The van der Waals surface area contributed by atoms with Gasteiger partial charge < -0.3 is 4.74 Å². The highest BCUT2D eigenvalue weighted by Gasteiger charge is 2.19. The third-order valence-electron chi connectivity index (χ3n) is 2.52. The molecule has 5 nitrogen and oxygen atoms in total. The number of hydrogen-bond donors (Lipinski definition) is 1. The van der Waals surface area contributed by atoms with Gasteiger partial charge in [-0.15, -0.1) is 0 Å². The van der Waals surface area contributed by atoms with Gasteiger partial charge in [-0.25, -0.2) is 0 Å². The zero-order chi connectivity index (χ0) is 9.80. The van der Waals surface area contributed by atoms with E-state index in [0.29, 0.717) is 18.0 Å². The first kappa shape index (κ1) is 9.33. The van der Waals surface area contributed by atoms with Crippen molar-refractivity contribution in [3.05, 3.63) is 11.9 Å². The molecule has 1 N–H and O–H groups in total. The lowest BCUT2D eigenvalue weighted by atomic mass is 9.94. The van der Waals surface area contributed by atoms with Gasteiger partial charge in [-0.1, -0.05) is 0 Å². The van der Waals surface area contributed by atoms with E-state index in [9.17, 15) is 4.79 Å². The van der Waals surface area contributed by atoms with E-state index in [2.05, 4.69) is 15.4 Å². The number of aromatic amines is 1. The van der Waals surface area contributed by atoms with Crippen LogP contribution in [0.5, 0.6) is 0 Å². The Kier molecular flexibility index (Phi) is 2.88. The van der Waals surface area contributed by atoms with Crippen LogP contribution in [0.15, 0.2) is 6.20 Å². The Balaban J connectivity index is 1.87. The Bertz CT molecular complexity index is 291. The summed E-state index contributed by atoms with van der Waals surface area (Å²) in [5, 5.41) is 9.82. The van der Waals surface area contributed by atoms with Gasteiger partial charge in [0, 0.05) is 19.6 Å².